The van der Waals surface area contributed by atoms with Crippen molar-refractivity contribution < 1.29 is 14.0 Å². The van der Waals surface area contributed by atoms with Crippen LogP contribution in [0, 0.1) is 5.82 Å². The topological polar surface area (TPSA) is 70.2 Å². The summed E-state index contributed by atoms with van der Waals surface area (Å²) in [5.41, 5.74) is 4.69. The summed E-state index contributed by atoms with van der Waals surface area (Å²) in [7, 11) is 0. The number of benzene rings is 2. The van der Waals surface area contributed by atoms with Gasteiger partial charge in [0.15, 0.2) is 0 Å². The molecule has 0 radical (unpaired) electrons. The summed E-state index contributed by atoms with van der Waals surface area (Å²) in [6, 6.07) is 13.6. The van der Waals surface area contributed by atoms with E-state index >= 15 is 0 Å². The molecule has 0 aliphatic heterocycles. The Hall–Kier alpha value is -2.89. The van der Waals surface area contributed by atoms with Crippen LogP contribution in [0.5, 0.6) is 0 Å². The number of carbonyl (C=O) groups is 2. The number of amides is 3. The van der Waals surface area contributed by atoms with Crippen molar-refractivity contribution in [2.45, 2.75) is 0 Å². The van der Waals surface area contributed by atoms with Gasteiger partial charge in [0.2, 0.25) is 0 Å². The maximum absolute atomic E-state index is 13.3. The number of hydrogen-bond acceptors (Lipinski definition) is 2. The van der Waals surface area contributed by atoms with Crippen LogP contribution in [-0.4, -0.2) is 11.9 Å². The molecule has 0 aromatic heterocycles. The minimum absolute atomic E-state index is 0.146. The lowest BCUT2D eigenvalue weighted by Crippen LogP contribution is -2.44. The number of anilines is 1. The monoisotopic (exact) mass is 273 g/mol. The van der Waals surface area contributed by atoms with Crippen LogP contribution < -0.4 is 16.2 Å². The summed E-state index contributed by atoms with van der Waals surface area (Å²) in [5.74, 6) is -1.39. The zero-order valence-electron chi connectivity index (χ0n) is 10.4. The summed E-state index contributed by atoms with van der Waals surface area (Å²) in [6.07, 6.45) is 0. The van der Waals surface area contributed by atoms with E-state index in [-0.39, 0.29) is 5.56 Å². The molecule has 0 bridgehead atoms. The van der Waals surface area contributed by atoms with Crippen molar-refractivity contribution in [2.24, 2.45) is 0 Å². The van der Waals surface area contributed by atoms with Crippen LogP contribution in [0.15, 0.2) is 54.6 Å². The van der Waals surface area contributed by atoms with E-state index < -0.39 is 17.8 Å². The molecule has 2 rings (SSSR count). The van der Waals surface area contributed by atoms with Crippen LogP contribution in [0.25, 0.3) is 0 Å². The first kappa shape index (κ1) is 13.5. The van der Waals surface area contributed by atoms with Gasteiger partial charge in [-0.15, -0.1) is 0 Å². The van der Waals surface area contributed by atoms with E-state index in [9.17, 15) is 14.0 Å². The van der Waals surface area contributed by atoms with E-state index in [0.717, 1.165) is 0 Å². The Labute approximate surface area is 114 Å². The molecule has 0 aliphatic carbocycles. The van der Waals surface area contributed by atoms with E-state index in [1.807, 2.05) is 6.07 Å². The van der Waals surface area contributed by atoms with E-state index in [1.165, 1.54) is 24.3 Å². The maximum Gasteiger partial charge on any atom is 0.337 e. The van der Waals surface area contributed by atoms with Crippen molar-refractivity contribution in [1.82, 2.24) is 10.9 Å². The quantitative estimate of drug-likeness (QED) is 0.735. The number of urea groups is 1. The molecule has 0 unspecified atom stereocenters. The highest BCUT2D eigenvalue weighted by Gasteiger charge is 2.11. The predicted octanol–water partition coefficient (Wildman–Crippen LogP) is 2.29. The second kappa shape index (κ2) is 6.33. The average molecular weight is 273 g/mol. The van der Waals surface area contributed by atoms with Crippen LogP contribution >= 0.6 is 0 Å². The van der Waals surface area contributed by atoms with Gasteiger partial charge in [-0.3, -0.25) is 10.2 Å². The number of rotatable bonds is 2. The molecule has 0 saturated heterocycles. The first-order valence-corrected chi connectivity index (χ1v) is 5.84. The van der Waals surface area contributed by atoms with Gasteiger partial charge in [0.1, 0.15) is 5.82 Å². The van der Waals surface area contributed by atoms with Crippen molar-refractivity contribution in [1.29, 1.82) is 0 Å². The van der Waals surface area contributed by atoms with Crippen molar-refractivity contribution in [2.75, 3.05) is 5.32 Å². The fourth-order valence-electron chi connectivity index (χ4n) is 1.51. The molecule has 20 heavy (non-hydrogen) atoms. The minimum Gasteiger partial charge on any atom is -0.307 e. The van der Waals surface area contributed by atoms with Crippen molar-refractivity contribution in [3.05, 3.63) is 66.0 Å². The fraction of sp³-hybridized carbons (Fsp3) is 0. The molecule has 102 valence electrons. The second-order valence-corrected chi connectivity index (χ2v) is 3.88. The van der Waals surface area contributed by atoms with Gasteiger partial charge in [0, 0.05) is 5.69 Å². The normalized spacial score (nSPS) is 9.65. The molecule has 3 N–H and O–H groups in total. The molecule has 0 fully saturated rings. The molecule has 0 saturated carbocycles. The smallest absolute Gasteiger partial charge is 0.307 e. The Kier molecular flexibility index (Phi) is 4.28. The number of nitrogens with one attached hydrogen (secondary N) is 3. The minimum atomic E-state index is -0.730. The Morgan fingerprint density at radius 2 is 1.50 bits per heavy atom. The second-order valence-electron chi connectivity index (χ2n) is 3.88. The first-order chi connectivity index (χ1) is 9.66. The molecule has 0 atom stereocenters. The van der Waals surface area contributed by atoms with Gasteiger partial charge in [-0.05, 0) is 24.3 Å². The molecule has 0 aliphatic rings. The summed E-state index contributed by atoms with van der Waals surface area (Å²) in [4.78, 5) is 23.1. The van der Waals surface area contributed by atoms with Gasteiger partial charge in [-0.2, -0.15) is 0 Å². The molecule has 0 heterocycles. The van der Waals surface area contributed by atoms with Crippen LogP contribution in [0.2, 0.25) is 0 Å². The fourth-order valence-corrected chi connectivity index (χ4v) is 1.51. The van der Waals surface area contributed by atoms with Gasteiger partial charge >= 0.3 is 6.03 Å². The van der Waals surface area contributed by atoms with Crippen molar-refractivity contribution in [3.8, 4) is 0 Å². The molecular weight excluding hydrogens is 261 g/mol. The van der Waals surface area contributed by atoms with Gasteiger partial charge < -0.3 is 5.32 Å². The Morgan fingerprint density at radius 1 is 0.850 bits per heavy atom. The van der Waals surface area contributed by atoms with E-state index in [0.29, 0.717) is 5.69 Å². The summed E-state index contributed by atoms with van der Waals surface area (Å²) < 4.78 is 13.3. The third kappa shape index (κ3) is 3.55. The molecule has 2 aromatic carbocycles. The van der Waals surface area contributed by atoms with Crippen LogP contribution in [0.4, 0.5) is 14.9 Å². The number of para-hydroxylation sites is 1. The van der Waals surface area contributed by atoms with E-state index in [2.05, 4.69) is 16.2 Å². The van der Waals surface area contributed by atoms with Crippen molar-refractivity contribution in [3.63, 3.8) is 0 Å². The highest BCUT2D eigenvalue weighted by Crippen LogP contribution is 2.06. The third-order valence-electron chi connectivity index (χ3n) is 2.44. The summed E-state index contributed by atoms with van der Waals surface area (Å²) in [5, 5.41) is 2.50. The lowest BCUT2D eigenvalue weighted by atomic mass is 10.2. The highest BCUT2D eigenvalue weighted by atomic mass is 19.1. The number of hydrogen-bond donors (Lipinski definition) is 3. The zero-order chi connectivity index (χ0) is 14.4. The Morgan fingerprint density at radius 3 is 2.20 bits per heavy atom. The van der Waals surface area contributed by atoms with E-state index in [4.69, 9.17) is 0 Å². The number of hydrazine groups is 1. The Balaban J connectivity index is 1.88. The maximum atomic E-state index is 13.3. The van der Waals surface area contributed by atoms with Crippen LogP contribution in [0.1, 0.15) is 10.4 Å². The van der Waals surface area contributed by atoms with Gasteiger partial charge in [0.25, 0.3) is 5.91 Å². The summed E-state index contributed by atoms with van der Waals surface area (Å²) >= 11 is 0. The lowest BCUT2D eigenvalue weighted by Gasteiger charge is -2.09. The van der Waals surface area contributed by atoms with Gasteiger partial charge in [-0.1, -0.05) is 30.3 Å². The molecule has 2 aromatic rings. The van der Waals surface area contributed by atoms with E-state index in [1.54, 1.807) is 24.3 Å². The summed E-state index contributed by atoms with van der Waals surface area (Å²) in [6.45, 7) is 0. The standard InChI is InChI=1S/C14H12FN3O2/c15-12-9-5-4-8-11(12)13(19)17-18-14(20)16-10-6-2-1-3-7-10/h1-9H,(H,17,19)(H2,16,18,20). The van der Waals surface area contributed by atoms with Gasteiger partial charge in [-0.25, -0.2) is 14.6 Å². The molecule has 5 nitrogen and oxygen atoms in total. The predicted molar refractivity (Wildman–Crippen MR) is 72.5 cm³/mol. The number of halogens is 1. The lowest BCUT2D eigenvalue weighted by molar-refractivity contribution is 0.0934. The molecule has 3 amide bonds. The average Bonchev–Trinajstić information content (AvgIpc) is 2.46. The highest BCUT2D eigenvalue weighted by molar-refractivity contribution is 5.97. The number of carbonyl (C=O) groups excluding carboxylic acids is 2. The van der Waals surface area contributed by atoms with Gasteiger partial charge in [0.05, 0.1) is 5.56 Å². The van der Waals surface area contributed by atoms with Crippen molar-refractivity contribution >= 4 is 17.6 Å². The molecule has 0 spiro atoms. The third-order valence-corrected chi connectivity index (χ3v) is 2.44. The Bertz CT molecular complexity index is 617. The largest absolute Gasteiger partial charge is 0.337 e. The molecule has 6 heteroatoms. The zero-order valence-corrected chi connectivity index (χ0v) is 10.4. The SMILES string of the molecule is O=C(NNC(=O)c1ccccc1F)Nc1ccccc1. The molecular formula is C14H12FN3O2. The van der Waals surface area contributed by atoms with Crippen LogP contribution in [-0.2, 0) is 0 Å². The first-order valence-electron chi connectivity index (χ1n) is 5.84. The van der Waals surface area contributed by atoms with Crippen LogP contribution in [0.3, 0.4) is 0 Å².